The summed E-state index contributed by atoms with van der Waals surface area (Å²) in [5, 5.41) is 15.5. The Bertz CT molecular complexity index is 237. The fourth-order valence-corrected chi connectivity index (χ4v) is 1.61. The van der Waals surface area contributed by atoms with E-state index in [1.807, 2.05) is 20.8 Å². The molecule has 1 aliphatic rings. The minimum absolute atomic E-state index is 0.132. The van der Waals surface area contributed by atoms with Gasteiger partial charge < -0.3 is 20.6 Å². The number of carbonyl (C=O) groups excluding carboxylic acids is 1. The van der Waals surface area contributed by atoms with Crippen LogP contribution < -0.4 is 10.6 Å². The first-order valence-corrected chi connectivity index (χ1v) is 5.25. The molecule has 0 saturated carbocycles. The van der Waals surface area contributed by atoms with E-state index in [2.05, 4.69) is 10.6 Å². The lowest BCUT2D eigenvalue weighted by Gasteiger charge is -2.30. The second-order valence-corrected chi connectivity index (χ2v) is 5.08. The minimum atomic E-state index is -0.472. The zero-order valence-corrected chi connectivity index (χ0v) is 9.87. The quantitative estimate of drug-likeness (QED) is 0.565. The van der Waals surface area contributed by atoms with E-state index in [4.69, 9.17) is 0 Å². The minimum Gasteiger partial charge on any atom is -0.390 e. The van der Waals surface area contributed by atoms with Crippen LogP contribution in [0.5, 0.6) is 0 Å². The lowest BCUT2D eigenvalue weighted by molar-refractivity contribution is 0.107. The van der Waals surface area contributed by atoms with Gasteiger partial charge in [-0.1, -0.05) is 0 Å². The van der Waals surface area contributed by atoms with Crippen LogP contribution in [0, 0.1) is 0 Å². The summed E-state index contributed by atoms with van der Waals surface area (Å²) in [7, 11) is 1.71. The van der Waals surface area contributed by atoms with Crippen LogP contribution in [0.3, 0.4) is 0 Å². The maximum atomic E-state index is 11.8. The standard InChI is InChI=1S/C10H21N3O2/c1-10(2,3)12-9(15)13(4)7-5-11-6-8(7)14/h7-8,11,14H,5-6H2,1-4H3,(H,12,15)/t7-,8-/m0/s1. The normalized spacial score (nSPS) is 26.5. The van der Waals surface area contributed by atoms with Gasteiger partial charge in [-0.15, -0.1) is 0 Å². The molecule has 5 heteroatoms. The number of nitrogens with one attached hydrogen (secondary N) is 2. The Kier molecular flexibility index (Phi) is 3.57. The van der Waals surface area contributed by atoms with E-state index in [0.717, 1.165) is 0 Å². The summed E-state index contributed by atoms with van der Waals surface area (Å²) >= 11 is 0. The van der Waals surface area contributed by atoms with Crippen LogP contribution in [0.15, 0.2) is 0 Å². The van der Waals surface area contributed by atoms with Gasteiger partial charge in [-0.05, 0) is 20.8 Å². The molecule has 0 spiro atoms. The molecule has 2 atom stereocenters. The van der Waals surface area contributed by atoms with Crippen LogP contribution in [-0.4, -0.2) is 53.9 Å². The summed E-state index contributed by atoms with van der Waals surface area (Å²) in [6.07, 6.45) is -0.472. The number of carbonyl (C=O) groups is 1. The molecule has 1 saturated heterocycles. The van der Waals surface area contributed by atoms with Gasteiger partial charge in [0.25, 0.3) is 0 Å². The van der Waals surface area contributed by atoms with Crippen molar-refractivity contribution in [1.29, 1.82) is 0 Å². The van der Waals surface area contributed by atoms with E-state index in [9.17, 15) is 9.90 Å². The van der Waals surface area contributed by atoms with E-state index >= 15 is 0 Å². The summed E-state index contributed by atoms with van der Waals surface area (Å²) in [5.74, 6) is 0. The third-order valence-corrected chi connectivity index (χ3v) is 2.45. The van der Waals surface area contributed by atoms with Crippen LogP contribution in [0.1, 0.15) is 20.8 Å². The number of amides is 2. The zero-order valence-electron chi connectivity index (χ0n) is 9.87. The number of urea groups is 1. The van der Waals surface area contributed by atoms with Crippen molar-refractivity contribution in [2.45, 2.75) is 38.5 Å². The number of likely N-dealkylation sites (N-methyl/N-ethyl adjacent to an activating group) is 1. The average molecular weight is 215 g/mol. The molecule has 1 aliphatic heterocycles. The zero-order chi connectivity index (χ0) is 11.6. The molecule has 0 aromatic heterocycles. The number of hydrogen-bond donors (Lipinski definition) is 3. The molecule has 1 fully saturated rings. The SMILES string of the molecule is CN(C(=O)NC(C)(C)C)[C@H]1CNC[C@@H]1O. The highest BCUT2D eigenvalue weighted by atomic mass is 16.3. The molecule has 5 nitrogen and oxygen atoms in total. The van der Waals surface area contributed by atoms with Gasteiger partial charge >= 0.3 is 6.03 Å². The van der Waals surface area contributed by atoms with Crippen molar-refractivity contribution in [3.8, 4) is 0 Å². The van der Waals surface area contributed by atoms with Gasteiger partial charge in [0.15, 0.2) is 0 Å². The van der Waals surface area contributed by atoms with Crippen LogP contribution in [-0.2, 0) is 0 Å². The fraction of sp³-hybridized carbons (Fsp3) is 0.900. The predicted octanol–water partition coefficient (Wildman–Crippen LogP) is -0.241. The molecule has 3 N–H and O–H groups in total. The Morgan fingerprint density at radius 2 is 2.07 bits per heavy atom. The second kappa shape index (κ2) is 4.37. The smallest absolute Gasteiger partial charge is 0.317 e. The topological polar surface area (TPSA) is 64.6 Å². The molecule has 0 aromatic rings. The Labute approximate surface area is 90.8 Å². The Morgan fingerprint density at radius 1 is 1.47 bits per heavy atom. The summed E-state index contributed by atoms with van der Waals surface area (Å²) in [6.45, 7) is 7.00. The predicted molar refractivity (Wildman–Crippen MR) is 58.7 cm³/mol. The van der Waals surface area contributed by atoms with Crippen LogP contribution in [0.4, 0.5) is 4.79 Å². The summed E-state index contributed by atoms with van der Waals surface area (Å²) in [6, 6.07) is -0.275. The van der Waals surface area contributed by atoms with Crippen molar-refractivity contribution in [3.63, 3.8) is 0 Å². The first kappa shape index (κ1) is 12.3. The number of rotatable bonds is 1. The number of aliphatic hydroxyl groups is 1. The molecule has 0 bridgehead atoms. The molecule has 15 heavy (non-hydrogen) atoms. The van der Waals surface area contributed by atoms with Crippen LogP contribution >= 0.6 is 0 Å². The van der Waals surface area contributed by atoms with Crippen molar-refractivity contribution in [1.82, 2.24) is 15.5 Å². The Balaban J connectivity index is 2.52. The maximum absolute atomic E-state index is 11.8. The molecule has 0 unspecified atom stereocenters. The van der Waals surface area contributed by atoms with Gasteiger partial charge in [-0.3, -0.25) is 0 Å². The molecule has 1 rings (SSSR count). The highest BCUT2D eigenvalue weighted by molar-refractivity contribution is 5.75. The monoisotopic (exact) mass is 215 g/mol. The van der Waals surface area contributed by atoms with Gasteiger partial charge in [0.1, 0.15) is 0 Å². The second-order valence-electron chi connectivity index (χ2n) is 5.08. The van der Waals surface area contributed by atoms with Gasteiger partial charge in [0.2, 0.25) is 0 Å². The molecule has 0 radical (unpaired) electrons. The average Bonchev–Trinajstić information content (AvgIpc) is 2.47. The largest absolute Gasteiger partial charge is 0.390 e. The molecule has 0 aliphatic carbocycles. The first-order chi connectivity index (χ1) is 6.81. The van der Waals surface area contributed by atoms with Crippen LogP contribution in [0.2, 0.25) is 0 Å². The van der Waals surface area contributed by atoms with E-state index < -0.39 is 6.10 Å². The van der Waals surface area contributed by atoms with Gasteiger partial charge in [-0.2, -0.15) is 0 Å². The fourth-order valence-electron chi connectivity index (χ4n) is 1.61. The number of hydrogen-bond acceptors (Lipinski definition) is 3. The van der Waals surface area contributed by atoms with Crippen molar-refractivity contribution in [2.24, 2.45) is 0 Å². The number of β-amino-alcohol motifs (C(OH)–C–C–N with tert-alkyl or cyclic N) is 1. The van der Waals surface area contributed by atoms with Crippen molar-refractivity contribution >= 4 is 6.03 Å². The van der Waals surface area contributed by atoms with Crippen molar-refractivity contribution in [3.05, 3.63) is 0 Å². The number of aliphatic hydroxyl groups excluding tert-OH is 1. The Morgan fingerprint density at radius 3 is 2.47 bits per heavy atom. The van der Waals surface area contributed by atoms with Crippen molar-refractivity contribution < 1.29 is 9.90 Å². The molecule has 1 heterocycles. The van der Waals surface area contributed by atoms with Gasteiger partial charge in [0, 0.05) is 25.7 Å². The molecular weight excluding hydrogens is 194 g/mol. The molecule has 88 valence electrons. The lowest BCUT2D eigenvalue weighted by atomic mass is 10.1. The third-order valence-electron chi connectivity index (χ3n) is 2.45. The maximum Gasteiger partial charge on any atom is 0.317 e. The summed E-state index contributed by atoms with van der Waals surface area (Å²) in [5.41, 5.74) is -0.248. The number of nitrogens with zero attached hydrogens (tertiary/aromatic N) is 1. The lowest BCUT2D eigenvalue weighted by Crippen LogP contribution is -2.53. The van der Waals surface area contributed by atoms with Gasteiger partial charge in [0.05, 0.1) is 12.1 Å². The molecular formula is C10H21N3O2. The van der Waals surface area contributed by atoms with E-state index in [-0.39, 0.29) is 17.6 Å². The first-order valence-electron chi connectivity index (χ1n) is 5.25. The Hall–Kier alpha value is -0.810. The molecule has 2 amide bonds. The highest BCUT2D eigenvalue weighted by Gasteiger charge is 2.32. The summed E-state index contributed by atoms with van der Waals surface area (Å²) in [4.78, 5) is 13.3. The summed E-state index contributed by atoms with van der Waals surface area (Å²) < 4.78 is 0. The highest BCUT2D eigenvalue weighted by Crippen LogP contribution is 2.09. The van der Waals surface area contributed by atoms with Gasteiger partial charge in [-0.25, -0.2) is 4.79 Å². The molecule has 0 aromatic carbocycles. The van der Waals surface area contributed by atoms with E-state index in [0.29, 0.717) is 13.1 Å². The van der Waals surface area contributed by atoms with E-state index in [1.54, 1.807) is 11.9 Å². The van der Waals surface area contributed by atoms with E-state index in [1.165, 1.54) is 0 Å². The van der Waals surface area contributed by atoms with Crippen molar-refractivity contribution in [2.75, 3.05) is 20.1 Å². The third kappa shape index (κ3) is 3.35. The van der Waals surface area contributed by atoms with Crippen LogP contribution in [0.25, 0.3) is 0 Å².